The number of benzene rings is 4. The van der Waals surface area contributed by atoms with Crippen LogP contribution in [0.15, 0.2) is 83.8 Å². The number of fused-ring (bicyclic) bond motifs is 1. The Morgan fingerprint density at radius 2 is 1.46 bits per heavy atom. The molecule has 0 aliphatic heterocycles. The third-order valence-electron chi connectivity index (χ3n) is 6.32. The number of carbonyl (C=O) groups is 1. The van der Waals surface area contributed by atoms with Gasteiger partial charge in [0.05, 0.1) is 45.6 Å². The SMILES string of the molecule is COc1ccc(OC)c(N(CC(=O)NCCOc2cccc3ccccc23)S(=O)(=O)c2ccc(OC)c(OC)c2)c1. The normalized spacial score (nSPS) is 11.0. The second-order valence-corrected chi connectivity index (χ2v) is 10.6. The van der Waals surface area contributed by atoms with Gasteiger partial charge in [0.15, 0.2) is 11.5 Å². The fraction of sp³-hybridized carbons (Fsp3) is 0.233. The number of hydrogen-bond donors (Lipinski definition) is 1. The van der Waals surface area contributed by atoms with Crippen molar-refractivity contribution in [3.63, 3.8) is 0 Å². The molecular weight excluding hydrogens is 548 g/mol. The lowest BCUT2D eigenvalue weighted by Gasteiger charge is -2.26. The van der Waals surface area contributed by atoms with E-state index in [1.54, 1.807) is 12.1 Å². The number of amides is 1. The van der Waals surface area contributed by atoms with Crippen LogP contribution >= 0.6 is 0 Å². The van der Waals surface area contributed by atoms with Gasteiger partial charge in [0.2, 0.25) is 5.91 Å². The van der Waals surface area contributed by atoms with Gasteiger partial charge < -0.3 is 29.0 Å². The molecule has 0 aliphatic rings. The molecule has 0 saturated heterocycles. The highest BCUT2D eigenvalue weighted by Crippen LogP contribution is 2.37. The highest BCUT2D eigenvalue weighted by molar-refractivity contribution is 7.92. The van der Waals surface area contributed by atoms with Crippen molar-refractivity contribution in [2.75, 3.05) is 52.4 Å². The molecule has 216 valence electrons. The Morgan fingerprint density at radius 1 is 0.756 bits per heavy atom. The summed E-state index contributed by atoms with van der Waals surface area (Å²) in [4.78, 5) is 13.0. The van der Waals surface area contributed by atoms with E-state index in [1.165, 1.54) is 52.7 Å². The van der Waals surface area contributed by atoms with Gasteiger partial charge in [-0.05, 0) is 35.7 Å². The van der Waals surface area contributed by atoms with E-state index in [2.05, 4.69) is 5.32 Å². The van der Waals surface area contributed by atoms with E-state index >= 15 is 0 Å². The Hall–Kier alpha value is -4.64. The van der Waals surface area contributed by atoms with Crippen LogP contribution in [0.25, 0.3) is 10.8 Å². The van der Waals surface area contributed by atoms with Crippen LogP contribution in [0.1, 0.15) is 0 Å². The molecular formula is C30H32N2O8S. The maximum Gasteiger partial charge on any atom is 0.265 e. The third kappa shape index (κ3) is 6.58. The molecule has 0 spiro atoms. The molecule has 1 amide bonds. The molecule has 0 heterocycles. The monoisotopic (exact) mass is 580 g/mol. The topological polar surface area (TPSA) is 113 Å². The van der Waals surface area contributed by atoms with Gasteiger partial charge in [-0.15, -0.1) is 0 Å². The maximum atomic E-state index is 14.0. The van der Waals surface area contributed by atoms with Crippen molar-refractivity contribution < 1.29 is 36.9 Å². The number of anilines is 1. The average Bonchev–Trinajstić information content (AvgIpc) is 3.01. The lowest BCUT2D eigenvalue weighted by molar-refractivity contribution is -0.119. The molecule has 0 aromatic heterocycles. The van der Waals surface area contributed by atoms with Gasteiger partial charge in [-0.1, -0.05) is 36.4 Å². The minimum Gasteiger partial charge on any atom is -0.497 e. The molecule has 4 aromatic carbocycles. The van der Waals surface area contributed by atoms with E-state index in [9.17, 15) is 13.2 Å². The lowest BCUT2D eigenvalue weighted by Crippen LogP contribution is -2.42. The van der Waals surface area contributed by atoms with E-state index in [0.717, 1.165) is 15.1 Å². The first kappa shape index (κ1) is 29.3. The zero-order valence-electron chi connectivity index (χ0n) is 23.2. The first-order valence-corrected chi connectivity index (χ1v) is 14.1. The Balaban J connectivity index is 1.57. The molecule has 0 atom stereocenters. The minimum atomic E-state index is -4.29. The van der Waals surface area contributed by atoms with Crippen molar-refractivity contribution in [1.29, 1.82) is 0 Å². The first-order valence-electron chi connectivity index (χ1n) is 12.7. The van der Waals surface area contributed by atoms with Crippen LogP contribution in [-0.4, -0.2) is 62.5 Å². The molecule has 10 nitrogen and oxygen atoms in total. The third-order valence-corrected chi connectivity index (χ3v) is 8.07. The molecule has 1 N–H and O–H groups in total. The smallest absolute Gasteiger partial charge is 0.265 e. The molecule has 41 heavy (non-hydrogen) atoms. The van der Waals surface area contributed by atoms with Crippen LogP contribution in [-0.2, 0) is 14.8 Å². The van der Waals surface area contributed by atoms with Crippen LogP contribution in [0.2, 0.25) is 0 Å². The Morgan fingerprint density at radius 3 is 2.20 bits per heavy atom. The van der Waals surface area contributed by atoms with Gasteiger partial charge in [-0.2, -0.15) is 0 Å². The van der Waals surface area contributed by atoms with Crippen LogP contribution in [0.5, 0.6) is 28.7 Å². The van der Waals surface area contributed by atoms with Crippen molar-refractivity contribution in [3.8, 4) is 28.7 Å². The minimum absolute atomic E-state index is 0.105. The zero-order valence-corrected chi connectivity index (χ0v) is 24.1. The summed E-state index contributed by atoms with van der Waals surface area (Å²) in [5, 5.41) is 4.74. The van der Waals surface area contributed by atoms with Crippen molar-refractivity contribution in [3.05, 3.63) is 78.9 Å². The zero-order chi connectivity index (χ0) is 29.4. The van der Waals surface area contributed by atoms with E-state index in [4.69, 9.17) is 23.7 Å². The molecule has 0 saturated carbocycles. The van der Waals surface area contributed by atoms with Gasteiger partial charge in [0.1, 0.15) is 30.4 Å². The van der Waals surface area contributed by atoms with Crippen LogP contribution in [0.3, 0.4) is 0 Å². The summed E-state index contributed by atoms with van der Waals surface area (Å²) in [6.07, 6.45) is 0. The fourth-order valence-electron chi connectivity index (χ4n) is 4.25. The molecule has 0 unspecified atom stereocenters. The van der Waals surface area contributed by atoms with Crippen molar-refractivity contribution >= 4 is 32.4 Å². The maximum absolute atomic E-state index is 14.0. The van der Waals surface area contributed by atoms with E-state index in [0.29, 0.717) is 17.2 Å². The number of methoxy groups -OCH3 is 4. The number of rotatable bonds is 13. The number of nitrogens with zero attached hydrogens (tertiary/aromatic N) is 1. The second kappa shape index (κ2) is 13.1. The summed E-state index contributed by atoms with van der Waals surface area (Å²) >= 11 is 0. The van der Waals surface area contributed by atoms with Crippen LogP contribution < -0.4 is 33.3 Å². The summed E-state index contributed by atoms with van der Waals surface area (Å²) in [5.41, 5.74) is 0.129. The average molecular weight is 581 g/mol. The predicted octanol–water partition coefficient (Wildman–Crippen LogP) is 4.26. The number of sulfonamides is 1. The van der Waals surface area contributed by atoms with Gasteiger partial charge in [-0.3, -0.25) is 9.10 Å². The van der Waals surface area contributed by atoms with Crippen LogP contribution in [0, 0.1) is 0 Å². The first-order chi connectivity index (χ1) is 19.8. The molecule has 0 radical (unpaired) electrons. The molecule has 11 heteroatoms. The second-order valence-electron chi connectivity index (χ2n) is 8.74. The van der Waals surface area contributed by atoms with Gasteiger partial charge in [0.25, 0.3) is 10.0 Å². The highest BCUT2D eigenvalue weighted by atomic mass is 32.2. The summed E-state index contributed by atoms with van der Waals surface area (Å²) in [5.74, 6) is 1.36. The predicted molar refractivity (Wildman–Crippen MR) is 156 cm³/mol. The fourth-order valence-corrected chi connectivity index (χ4v) is 5.69. The summed E-state index contributed by atoms with van der Waals surface area (Å²) < 4.78 is 56.1. The van der Waals surface area contributed by atoms with E-state index < -0.39 is 22.5 Å². The Kier molecular flexibility index (Phi) is 9.41. The van der Waals surface area contributed by atoms with Crippen molar-refractivity contribution in [2.24, 2.45) is 0 Å². The Bertz CT molecular complexity index is 1620. The number of carbonyl (C=O) groups excluding carboxylic acids is 1. The van der Waals surface area contributed by atoms with Gasteiger partial charge >= 0.3 is 0 Å². The van der Waals surface area contributed by atoms with E-state index in [1.807, 2.05) is 42.5 Å². The molecule has 4 rings (SSSR count). The molecule has 4 aromatic rings. The quantitative estimate of drug-likeness (QED) is 0.234. The molecule has 0 bridgehead atoms. The molecule has 0 aliphatic carbocycles. The lowest BCUT2D eigenvalue weighted by atomic mass is 10.1. The number of ether oxygens (including phenoxy) is 5. The van der Waals surface area contributed by atoms with E-state index in [-0.39, 0.29) is 35.2 Å². The van der Waals surface area contributed by atoms with Gasteiger partial charge in [-0.25, -0.2) is 8.42 Å². The molecule has 0 fully saturated rings. The standard InChI is InChI=1S/C30H32N2O8S/c1-36-22-12-14-27(37-2)25(18-22)32(41(34,35)23-13-15-28(38-3)29(19-23)39-4)20-30(33)31-16-17-40-26-11-7-9-21-8-5-6-10-24(21)26/h5-15,18-19H,16-17,20H2,1-4H3,(H,31,33). The van der Waals surface area contributed by atoms with Crippen LogP contribution in [0.4, 0.5) is 5.69 Å². The summed E-state index contributed by atoms with van der Waals surface area (Å²) in [7, 11) is 1.44. The van der Waals surface area contributed by atoms with Crippen molar-refractivity contribution in [2.45, 2.75) is 4.90 Å². The largest absolute Gasteiger partial charge is 0.497 e. The summed E-state index contributed by atoms with van der Waals surface area (Å²) in [6, 6.07) is 22.5. The van der Waals surface area contributed by atoms with Gasteiger partial charge in [0, 0.05) is 17.5 Å². The summed E-state index contributed by atoms with van der Waals surface area (Å²) in [6.45, 7) is -0.194. The number of hydrogen-bond acceptors (Lipinski definition) is 8. The number of nitrogens with one attached hydrogen (secondary N) is 1. The Labute approximate surface area is 239 Å². The highest BCUT2D eigenvalue weighted by Gasteiger charge is 2.31. The van der Waals surface area contributed by atoms with Crippen molar-refractivity contribution in [1.82, 2.24) is 5.32 Å².